The van der Waals surface area contributed by atoms with Crippen LogP contribution in [0.15, 0.2) is 24.4 Å². The lowest BCUT2D eigenvalue weighted by Crippen LogP contribution is -2.43. The zero-order valence-electron chi connectivity index (χ0n) is 12.9. The zero-order chi connectivity index (χ0) is 15.5. The molecule has 22 heavy (non-hydrogen) atoms. The molecule has 7 nitrogen and oxygen atoms in total. The first-order valence-corrected chi connectivity index (χ1v) is 7.47. The van der Waals surface area contributed by atoms with Crippen LogP contribution in [0.4, 0.5) is 5.82 Å². The summed E-state index contributed by atoms with van der Waals surface area (Å²) in [4.78, 5) is 14.3. The number of likely N-dealkylation sites (tertiary alicyclic amines) is 1. The van der Waals surface area contributed by atoms with Crippen molar-refractivity contribution in [1.29, 1.82) is 0 Å². The number of carbonyl (C=O) groups is 1. The molecule has 3 heterocycles. The molecule has 116 valence electrons. The zero-order valence-corrected chi connectivity index (χ0v) is 12.9. The number of piperidine rings is 1. The fraction of sp³-hybridized carbons (Fsp3) is 0.467. The van der Waals surface area contributed by atoms with Crippen LogP contribution in [0.2, 0.25) is 0 Å². The molecule has 1 amide bonds. The van der Waals surface area contributed by atoms with E-state index in [-0.39, 0.29) is 5.91 Å². The number of aryl methyl sites for hydroxylation is 2. The van der Waals surface area contributed by atoms with E-state index in [0.29, 0.717) is 11.7 Å². The molecule has 0 aromatic carbocycles. The van der Waals surface area contributed by atoms with Crippen LogP contribution < -0.4 is 5.32 Å². The summed E-state index contributed by atoms with van der Waals surface area (Å²) < 4.78 is 1.62. The molecule has 0 atom stereocenters. The molecule has 0 aliphatic carbocycles. The van der Waals surface area contributed by atoms with Crippen molar-refractivity contribution in [3.8, 4) is 0 Å². The predicted octanol–water partition coefficient (Wildman–Crippen LogP) is 1.24. The smallest absolute Gasteiger partial charge is 0.272 e. The van der Waals surface area contributed by atoms with Gasteiger partial charge in [0.15, 0.2) is 0 Å². The fourth-order valence-electron chi connectivity index (χ4n) is 2.66. The normalized spacial score (nSPS) is 15.8. The number of nitrogens with zero attached hydrogens (tertiary/aromatic N) is 5. The van der Waals surface area contributed by atoms with E-state index in [2.05, 4.69) is 20.6 Å². The van der Waals surface area contributed by atoms with Crippen LogP contribution >= 0.6 is 0 Å². The molecule has 1 aliphatic rings. The van der Waals surface area contributed by atoms with E-state index >= 15 is 0 Å². The number of aromatic nitrogens is 4. The molecule has 2 aromatic heterocycles. The summed E-state index contributed by atoms with van der Waals surface area (Å²) in [5, 5.41) is 15.6. The van der Waals surface area contributed by atoms with Gasteiger partial charge < -0.3 is 10.2 Å². The van der Waals surface area contributed by atoms with Crippen molar-refractivity contribution in [1.82, 2.24) is 24.9 Å². The van der Waals surface area contributed by atoms with Crippen molar-refractivity contribution >= 4 is 11.7 Å². The van der Waals surface area contributed by atoms with Crippen LogP contribution in [0.1, 0.15) is 29.0 Å². The molecule has 3 rings (SSSR count). The van der Waals surface area contributed by atoms with Gasteiger partial charge in [-0.3, -0.25) is 9.48 Å². The van der Waals surface area contributed by atoms with Crippen LogP contribution in [-0.2, 0) is 7.05 Å². The standard InChI is InChI=1S/C15H20N6O/c1-11-3-4-14(19-18-11)17-12-6-9-21(10-7-12)15(22)13-5-8-16-20(13)2/h3-5,8,12H,6-7,9-10H2,1-2H3,(H,17,19). The van der Waals surface area contributed by atoms with Gasteiger partial charge in [0.1, 0.15) is 11.5 Å². The molecule has 1 saturated heterocycles. The second-order valence-electron chi connectivity index (χ2n) is 5.61. The van der Waals surface area contributed by atoms with Gasteiger partial charge in [-0.05, 0) is 38.0 Å². The van der Waals surface area contributed by atoms with Crippen molar-refractivity contribution in [2.24, 2.45) is 7.05 Å². The maximum absolute atomic E-state index is 12.4. The molecule has 1 fully saturated rings. The number of carbonyl (C=O) groups excluding carboxylic acids is 1. The van der Waals surface area contributed by atoms with Gasteiger partial charge in [-0.25, -0.2) is 0 Å². The number of nitrogens with one attached hydrogen (secondary N) is 1. The Morgan fingerprint density at radius 1 is 1.23 bits per heavy atom. The Bertz CT molecular complexity index is 642. The van der Waals surface area contributed by atoms with E-state index in [1.807, 2.05) is 24.0 Å². The summed E-state index contributed by atoms with van der Waals surface area (Å²) in [6.07, 6.45) is 3.45. The Morgan fingerprint density at radius 3 is 2.59 bits per heavy atom. The van der Waals surface area contributed by atoms with Gasteiger partial charge in [-0.1, -0.05) is 0 Å². The molecule has 0 saturated carbocycles. The number of anilines is 1. The van der Waals surface area contributed by atoms with E-state index < -0.39 is 0 Å². The van der Waals surface area contributed by atoms with Gasteiger partial charge in [0, 0.05) is 32.4 Å². The second-order valence-corrected chi connectivity index (χ2v) is 5.61. The molecule has 0 spiro atoms. The van der Waals surface area contributed by atoms with Crippen molar-refractivity contribution in [2.75, 3.05) is 18.4 Å². The van der Waals surface area contributed by atoms with E-state index in [4.69, 9.17) is 0 Å². The summed E-state index contributed by atoms with van der Waals surface area (Å²) in [6.45, 7) is 3.39. The first kappa shape index (κ1) is 14.5. The minimum Gasteiger partial charge on any atom is -0.366 e. The lowest BCUT2D eigenvalue weighted by molar-refractivity contribution is 0.0707. The molecule has 1 aliphatic heterocycles. The van der Waals surface area contributed by atoms with Crippen LogP contribution in [0.25, 0.3) is 0 Å². The molecule has 1 N–H and O–H groups in total. The lowest BCUT2D eigenvalue weighted by Gasteiger charge is -2.32. The number of hydrogen-bond acceptors (Lipinski definition) is 5. The average molecular weight is 300 g/mol. The van der Waals surface area contributed by atoms with Gasteiger partial charge in [0.05, 0.1) is 5.69 Å². The minimum atomic E-state index is 0.0496. The molecule has 7 heteroatoms. The highest BCUT2D eigenvalue weighted by Gasteiger charge is 2.25. The lowest BCUT2D eigenvalue weighted by atomic mass is 10.0. The Morgan fingerprint density at radius 2 is 2.00 bits per heavy atom. The van der Waals surface area contributed by atoms with E-state index in [1.54, 1.807) is 24.0 Å². The molecular weight excluding hydrogens is 280 g/mol. The molecular formula is C15H20N6O. The first-order chi connectivity index (χ1) is 10.6. The highest BCUT2D eigenvalue weighted by Crippen LogP contribution is 2.17. The van der Waals surface area contributed by atoms with Crippen molar-refractivity contribution in [2.45, 2.75) is 25.8 Å². The molecule has 0 bridgehead atoms. The first-order valence-electron chi connectivity index (χ1n) is 7.47. The van der Waals surface area contributed by atoms with Crippen LogP contribution in [0, 0.1) is 6.92 Å². The van der Waals surface area contributed by atoms with Crippen LogP contribution in [0.5, 0.6) is 0 Å². The van der Waals surface area contributed by atoms with Crippen LogP contribution in [-0.4, -0.2) is 49.9 Å². The number of rotatable bonds is 3. The maximum Gasteiger partial charge on any atom is 0.272 e. The van der Waals surface area contributed by atoms with E-state index in [9.17, 15) is 4.79 Å². The Kier molecular flexibility index (Phi) is 4.04. The van der Waals surface area contributed by atoms with Gasteiger partial charge in [0.2, 0.25) is 0 Å². The van der Waals surface area contributed by atoms with Crippen molar-refractivity contribution in [3.05, 3.63) is 35.8 Å². The van der Waals surface area contributed by atoms with Gasteiger partial charge in [-0.15, -0.1) is 5.10 Å². The molecule has 2 aromatic rings. The third-order valence-electron chi connectivity index (χ3n) is 3.97. The summed E-state index contributed by atoms with van der Waals surface area (Å²) in [5.41, 5.74) is 1.54. The third kappa shape index (κ3) is 3.08. The quantitative estimate of drug-likeness (QED) is 0.923. The largest absolute Gasteiger partial charge is 0.366 e. The van der Waals surface area contributed by atoms with Gasteiger partial charge in [0.25, 0.3) is 5.91 Å². The van der Waals surface area contributed by atoms with Crippen molar-refractivity contribution in [3.63, 3.8) is 0 Å². The summed E-state index contributed by atoms with van der Waals surface area (Å²) in [6, 6.07) is 5.97. The third-order valence-corrected chi connectivity index (χ3v) is 3.97. The summed E-state index contributed by atoms with van der Waals surface area (Å²) in [7, 11) is 1.79. The Hall–Kier alpha value is -2.44. The van der Waals surface area contributed by atoms with E-state index in [1.165, 1.54) is 0 Å². The molecule has 0 unspecified atom stereocenters. The maximum atomic E-state index is 12.4. The fourth-order valence-corrected chi connectivity index (χ4v) is 2.66. The number of amides is 1. The Balaban J connectivity index is 1.55. The summed E-state index contributed by atoms with van der Waals surface area (Å²) >= 11 is 0. The monoisotopic (exact) mass is 300 g/mol. The Labute approximate surface area is 129 Å². The highest BCUT2D eigenvalue weighted by atomic mass is 16.2. The van der Waals surface area contributed by atoms with Gasteiger partial charge in [-0.2, -0.15) is 10.2 Å². The van der Waals surface area contributed by atoms with Crippen molar-refractivity contribution < 1.29 is 4.79 Å². The SMILES string of the molecule is Cc1ccc(NC2CCN(C(=O)c3ccnn3C)CC2)nn1. The minimum absolute atomic E-state index is 0.0496. The summed E-state index contributed by atoms with van der Waals surface area (Å²) in [5.74, 6) is 0.843. The predicted molar refractivity (Wildman–Crippen MR) is 82.5 cm³/mol. The topological polar surface area (TPSA) is 75.9 Å². The average Bonchev–Trinajstić information content (AvgIpc) is 2.96. The van der Waals surface area contributed by atoms with Crippen LogP contribution in [0.3, 0.4) is 0 Å². The highest BCUT2D eigenvalue weighted by molar-refractivity contribution is 5.92. The number of hydrogen-bond donors (Lipinski definition) is 1. The van der Waals surface area contributed by atoms with Gasteiger partial charge >= 0.3 is 0 Å². The molecule has 0 radical (unpaired) electrons. The van der Waals surface area contributed by atoms with E-state index in [0.717, 1.165) is 37.4 Å². The second kappa shape index (κ2) is 6.13.